The first-order chi connectivity index (χ1) is 22.2. The zero-order valence-corrected chi connectivity index (χ0v) is 29.5. The maximum atomic E-state index is 14.3. The molecule has 10 heteroatoms. The van der Waals surface area contributed by atoms with Gasteiger partial charge in [0.2, 0.25) is 11.8 Å². The van der Waals surface area contributed by atoms with E-state index in [1.165, 1.54) is 26.4 Å². The van der Waals surface area contributed by atoms with E-state index in [0.717, 1.165) is 57.7 Å². The molecule has 0 aromatic heterocycles. The number of aliphatic hydroxyl groups excluding tert-OH is 2. The zero-order valence-electron chi connectivity index (χ0n) is 27.3. The maximum absolute atomic E-state index is 14.3. The molecule has 3 unspecified atom stereocenters. The normalized spacial score (nSPS) is 29.6. The number of hydrogen-bond acceptors (Lipinski definition) is 7. The number of ether oxygens (including phenoxy) is 2. The lowest BCUT2D eigenvalue weighted by Crippen LogP contribution is -2.59. The SMILES string of the molecule is CCCCCCCC(=O)N(CC12CC3CC(CC(C3)C1)C2)C1CC(C(=O)NCCO)=CC(Oc2c(I)cc(C=O)cc2OC)C1O. The number of unbranched alkanes of at least 4 members (excludes halogenated alkanes) is 4. The van der Waals surface area contributed by atoms with Crippen molar-refractivity contribution < 1.29 is 34.1 Å². The second-order valence-electron chi connectivity index (χ2n) is 14.3. The van der Waals surface area contributed by atoms with E-state index < -0.39 is 18.2 Å². The zero-order chi connectivity index (χ0) is 32.8. The number of benzene rings is 1. The fourth-order valence-corrected chi connectivity index (χ4v) is 9.85. The van der Waals surface area contributed by atoms with Gasteiger partial charge in [-0.25, -0.2) is 0 Å². The number of nitrogens with zero attached hydrogens (tertiary/aromatic N) is 1. The molecule has 6 rings (SSSR count). The number of halogens is 1. The van der Waals surface area contributed by atoms with Crippen LogP contribution < -0.4 is 14.8 Å². The lowest BCUT2D eigenvalue weighted by atomic mass is 9.49. The Labute approximate surface area is 287 Å². The van der Waals surface area contributed by atoms with Gasteiger partial charge in [-0.05, 0) is 109 Å². The molecule has 0 saturated heterocycles. The van der Waals surface area contributed by atoms with Crippen LogP contribution in [0.4, 0.5) is 0 Å². The Balaban J connectivity index is 1.46. The summed E-state index contributed by atoms with van der Waals surface area (Å²) >= 11 is 2.07. The van der Waals surface area contributed by atoms with Crippen LogP contribution >= 0.6 is 22.6 Å². The smallest absolute Gasteiger partial charge is 0.247 e. The van der Waals surface area contributed by atoms with Gasteiger partial charge in [0.25, 0.3) is 0 Å². The Morgan fingerprint density at radius 3 is 2.37 bits per heavy atom. The Hall–Kier alpha value is -2.18. The number of carbonyl (C=O) groups excluding carboxylic acids is 3. The first kappa shape index (κ1) is 35.1. The monoisotopic (exact) mass is 750 g/mol. The molecule has 0 heterocycles. The lowest BCUT2D eigenvalue weighted by molar-refractivity contribution is -0.147. The molecule has 4 saturated carbocycles. The molecule has 0 spiro atoms. The number of aliphatic hydroxyl groups is 2. The van der Waals surface area contributed by atoms with E-state index in [0.29, 0.717) is 56.9 Å². The second kappa shape index (κ2) is 15.8. The van der Waals surface area contributed by atoms with Crippen molar-refractivity contribution in [3.63, 3.8) is 0 Å². The molecule has 0 radical (unpaired) electrons. The van der Waals surface area contributed by atoms with Crippen molar-refractivity contribution in [2.45, 2.75) is 109 Å². The topological polar surface area (TPSA) is 125 Å². The minimum atomic E-state index is -1.10. The van der Waals surface area contributed by atoms with Crippen LogP contribution in [-0.2, 0) is 9.59 Å². The van der Waals surface area contributed by atoms with Gasteiger partial charge in [-0.15, -0.1) is 0 Å². The van der Waals surface area contributed by atoms with Gasteiger partial charge in [-0.1, -0.05) is 32.6 Å². The van der Waals surface area contributed by atoms with Crippen molar-refractivity contribution in [1.29, 1.82) is 0 Å². The fraction of sp³-hybridized carbons (Fsp3) is 0.694. The summed E-state index contributed by atoms with van der Waals surface area (Å²) in [6.45, 7) is 2.68. The Kier molecular flexibility index (Phi) is 12.1. The predicted octanol–water partition coefficient (Wildman–Crippen LogP) is 5.43. The molecule has 9 nitrogen and oxygen atoms in total. The Morgan fingerprint density at radius 2 is 1.76 bits per heavy atom. The first-order valence-electron chi connectivity index (χ1n) is 17.3. The number of carbonyl (C=O) groups is 3. The minimum Gasteiger partial charge on any atom is -0.493 e. The Bertz CT molecular complexity index is 1250. The van der Waals surface area contributed by atoms with Gasteiger partial charge >= 0.3 is 0 Å². The molecule has 1 aromatic rings. The lowest BCUT2D eigenvalue weighted by Gasteiger charge is -2.58. The van der Waals surface area contributed by atoms with E-state index in [9.17, 15) is 24.6 Å². The molecule has 3 N–H and O–H groups in total. The summed E-state index contributed by atoms with van der Waals surface area (Å²) < 4.78 is 12.6. The molecule has 2 amide bonds. The number of nitrogens with one attached hydrogen (secondary N) is 1. The number of rotatable bonds is 16. The summed E-state index contributed by atoms with van der Waals surface area (Å²) in [5, 5.41) is 24.2. The van der Waals surface area contributed by atoms with E-state index in [4.69, 9.17) is 9.47 Å². The van der Waals surface area contributed by atoms with Crippen molar-refractivity contribution in [2.75, 3.05) is 26.8 Å². The predicted molar refractivity (Wildman–Crippen MR) is 184 cm³/mol. The molecule has 4 bridgehead atoms. The molecule has 0 aliphatic heterocycles. The van der Waals surface area contributed by atoms with Crippen molar-refractivity contribution in [3.8, 4) is 11.5 Å². The summed E-state index contributed by atoms with van der Waals surface area (Å²) in [7, 11) is 1.49. The summed E-state index contributed by atoms with van der Waals surface area (Å²) in [5.41, 5.74) is 0.895. The number of methoxy groups -OCH3 is 1. The molecule has 1 aromatic carbocycles. The van der Waals surface area contributed by atoms with Gasteiger partial charge in [-0.2, -0.15) is 0 Å². The number of aldehydes is 1. The second-order valence-corrected chi connectivity index (χ2v) is 15.4. The first-order valence-corrected chi connectivity index (χ1v) is 18.3. The summed E-state index contributed by atoms with van der Waals surface area (Å²) in [5.74, 6) is 2.54. The molecule has 3 atom stereocenters. The van der Waals surface area contributed by atoms with Crippen LogP contribution in [0.25, 0.3) is 0 Å². The van der Waals surface area contributed by atoms with E-state index in [2.05, 4.69) is 34.8 Å². The molecule has 46 heavy (non-hydrogen) atoms. The third-order valence-corrected chi connectivity index (χ3v) is 11.5. The standard InChI is InChI=1S/C36H51IN2O7/c1-3-4-5-6-7-8-32(42)39(22-36-18-23-11-24(19-36)13-25(12-23)20-36)29-16-27(35(44)38-9-10-40)17-30(33(29)43)46-34-28(37)14-26(21-41)15-31(34)45-2/h14-15,17,21,23-25,29-30,33,40,43H,3-13,16,18-20,22H2,1-2H3,(H,38,44). The minimum absolute atomic E-state index is 0.0366. The van der Waals surface area contributed by atoms with Gasteiger partial charge in [0.05, 0.1) is 23.3 Å². The van der Waals surface area contributed by atoms with Crippen LogP contribution in [0.5, 0.6) is 11.5 Å². The van der Waals surface area contributed by atoms with E-state index in [-0.39, 0.29) is 36.8 Å². The van der Waals surface area contributed by atoms with Crippen LogP contribution in [-0.4, -0.2) is 78.3 Å². The third kappa shape index (κ3) is 8.09. The highest BCUT2D eigenvalue weighted by atomic mass is 127. The quantitative estimate of drug-likeness (QED) is 0.117. The highest BCUT2D eigenvalue weighted by molar-refractivity contribution is 14.1. The molecule has 4 fully saturated rings. The maximum Gasteiger partial charge on any atom is 0.247 e. The summed E-state index contributed by atoms with van der Waals surface area (Å²) in [6, 6.07) is 2.61. The van der Waals surface area contributed by atoms with Crippen LogP contribution in [0.15, 0.2) is 23.8 Å². The van der Waals surface area contributed by atoms with Gasteiger partial charge in [0, 0.05) is 37.1 Å². The largest absolute Gasteiger partial charge is 0.493 e. The van der Waals surface area contributed by atoms with Crippen LogP contribution in [0.3, 0.4) is 0 Å². The highest BCUT2D eigenvalue weighted by Gasteiger charge is 2.53. The van der Waals surface area contributed by atoms with Crippen molar-refractivity contribution in [2.24, 2.45) is 23.2 Å². The average molecular weight is 751 g/mol. The number of amides is 2. The summed E-state index contributed by atoms with van der Waals surface area (Å²) in [4.78, 5) is 41.0. The molecule has 254 valence electrons. The van der Waals surface area contributed by atoms with Gasteiger partial charge < -0.3 is 29.9 Å². The average Bonchev–Trinajstić information content (AvgIpc) is 3.03. The van der Waals surface area contributed by atoms with E-state index in [1.54, 1.807) is 18.2 Å². The molecule has 5 aliphatic rings. The van der Waals surface area contributed by atoms with Crippen LogP contribution in [0.2, 0.25) is 0 Å². The number of hydrogen-bond donors (Lipinski definition) is 3. The molecule has 5 aliphatic carbocycles. The van der Waals surface area contributed by atoms with E-state index >= 15 is 0 Å². The van der Waals surface area contributed by atoms with Crippen LogP contribution in [0.1, 0.15) is 101 Å². The van der Waals surface area contributed by atoms with Crippen molar-refractivity contribution >= 4 is 40.7 Å². The molecular weight excluding hydrogens is 699 g/mol. The molecular formula is C36H51IN2O7. The third-order valence-electron chi connectivity index (χ3n) is 10.7. The van der Waals surface area contributed by atoms with Crippen LogP contribution in [0, 0.1) is 26.7 Å². The van der Waals surface area contributed by atoms with E-state index in [1.807, 2.05) is 4.90 Å². The summed E-state index contributed by atoms with van der Waals surface area (Å²) in [6.07, 6.45) is 13.4. The van der Waals surface area contributed by atoms with Gasteiger partial charge in [0.15, 0.2) is 11.5 Å². The van der Waals surface area contributed by atoms with Crippen molar-refractivity contribution in [3.05, 3.63) is 32.9 Å². The Morgan fingerprint density at radius 1 is 1.09 bits per heavy atom. The van der Waals surface area contributed by atoms with Gasteiger partial charge in [-0.3, -0.25) is 14.4 Å². The fourth-order valence-electron chi connectivity index (χ4n) is 9.10. The van der Waals surface area contributed by atoms with Gasteiger partial charge in [0.1, 0.15) is 18.5 Å². The van der Waals surface area contributed by atoms with Crippen molar-refractivity contribution in [1.82, 2.24) is 10.2 Å². The highest BCUT2D eigenvalue weighted by Crippen LogP contribution is 2.60.